The molecule has 0 radical (unpaired) electrons. The molecule has 1 aliphatic rings. The van der Waals surface area contributed by atoms with Crippen LogP contribution in [0.4, 0.5) is 0 Å². The summed E-state index contributed by atoms with van der Waals surface area (Å²) in [6, 6.07) is 0. The highest BCUT2D eigenvalue weighted by Crippen LogP contribution is 2.48. The number of rotatable bonds is 4. The Kier molecular flexibility index (Phi) is 3.36. The molecule has 0 aromatic rings. The molecule has 0 aromatic heterocycles. The topological polar surface area (TPSA) is 40.5 Å². The Hall–Kier alpha value is -0.0800. The highest BCUT2D eigenvalue weighted by molar-refractivity contribution is 4.97. The summed E-state index contributed by atoms with van der Waals surface area (Å²) < 4.78 is 0. The van der Waals surface area contributed by atoms with E-state index in [0.29, 0.717) is 6.42 Å². The first-order chi connectivity index (χ1) is 6.08. The third kappa shape index (κ3) is 1.89. The molecule has 13 heavy (non-hydrogen) atoms. The molecule has 0 saturated heterocycles. The standard InChI is InChI=1S/C11H22O2/c1-3-11(13,8-9-12)10(2)6-4-5-7-10/h12-13H,3-9H2,1-2H3. The van der Waals surface area contributed by atoms with Gasteiger partial charge in [-0.2, -0.15) is 0 Å². The maximum Gasteiger partial charge on any atom is 0.0720 e. The zero-order valence-corrected chi connectivity index (χ0v) is 8.84. The van der Waals surface area contributed by atoms with Crippen LogP contribution in [0, 0.1) is 5.41 Å². The van der Waals surface area contributed by atoms with Gasteiger partial charge in [0, 0.05) is 6.61 Å². The molecule has 1 unspecified atom stereocenters. The Labute approximate surface area is 81.0 Å². The molecule has 0 aliphatic heterocycles. The van der Waals surface area contributed by atoms with Crippen LogP contribution in [0.5, 0.6) is 0 Å². The molecule has 2 nitrogen and oxygen atoms in total. The average Bonchev–Trinajstić information content (AvgIpc) is 2.54. The quantitative estimate of drug-likeness (QED) is 0.705. The van der Waals surface area contributed by atoms with Crippen molar-refractivity contribution in [2.45, 2.75) is 58.0 Å². The van der Waals surface area contributed by atoms with E-state index in [4.69, 9.17) is 5.11 Å². The summed E-state index contributed by atoms with van der Waals surface area (Å²) in [6.45, 7) is 4.28. The van der Waals surface area contributed by atoms with Gasteiger partial charge in [-0.25, -0.2) is 0 Å². The second kappa shape index (κ2) is 3.97. The van der Waals surface area contributed by atoms with Gasteiger partial charge in [0.15, 0.2) is 0 Å². The second-order valence-corrected chi connectivity index (χ2v) is 4.63. The largest absolute Gasteiger partial charge is 0.396 e. The van der Waals surface area contributed by atoms with E-state index in [9.17, 15) is 5.11 Å². The van der Waals surface area contributed by atoms with Crippen molar-refractivity contribution in [1.82, 2.24) is 0 Å². The van der Waals surface area contributed by atoms with Gasteiger partial charge in [-0.05, 0) is 31.1 Å². The molecule has 2 heteroatoms. The van der Waals surface area contributed by atoms with Crippen molar-refractivity contribution >= 4 is 0 Å². The molecule has 1 fully saturated rings. The third-order valence-electron chi connectivity index (χ3n) is 3.94. The fourth-order valence-corrected chi connectivity index (χ4v) is 2.71. The van der Waals surface area contributed by atoms with E-state index in [1.54, 1.807) is 0 Å². The van der Waals surface area contributed by atoms with Crippen LogP contribution in [0.1, 0.15) is 52.4 Å². The summed E-state index contributed by atoms with van der Waals surface area (Å²) in [4.78, 5) is 0. The molecule has 0 heterocycles. The Morgan fingerprint density at radius 3 is 2.23 bits per heavy atom. The van der Waals surface area contributed by atoms with Crippen LogP contribution in [0.15, 0.2) is 0 Å². The van der Waals surface area contributed by atoms with Crippen molar-refractivity contribution in [3.63, 3.8) is 0 Å². The highest BCUT2D eigenvalue weighted by Gasteiger charge is 2.46. The van der Waals surface area contributed by atoms with Crippen molar-refractivity contribution in [3.05, 3.63) is 0 Å². The summed E-state index contributed by atoms with van der Waals surface area (Å²) >= 11 is 0. The molecule has 78 valence electrons. The summed E-state index contributed by atoms with van der Waals surface area (Å²) in [7, 11) is 0. The van der Waals surface area contributed by atoms with Crippen LogP contribution in [0.3, 0.4) is 0 Å². The minimum atomic E-state index is -0.641. The summed E-state index contributed by atoms with van der Waals surface area (Å²) in [6.07, 6.45) is 5.95. The number of hydrogen-bond acceptors (Lipinski definition) is 2. The van der Waals surface area contributed by atoms with E-state index in [-0.39, 0.29) is 12.0 Å². The van der Waals surface area contributed by atoms with E-state index in [1.807, 2.05) is 6.92 Å². The molecule has 1 aliphatic carbocycles. The molecular weight excluding hydrogens is 164 g/mol. The summed E-state index contributed by atoms with van der Waals surface area (Å²) in [5, 5.41) is 19.4. The van der Waals surface area contributed by atoms with Crippen LogP contribution < -0.4 is 0 Å². The van der Waals surface area contributed by atoms with Crippen molar-refractivity contribution < 1.29 is 10.2 Å². The highest BCUT2D eigenvalue weighted by atomic mass is 16.3. The van der Waals surface area contributed by atoms with Gasteiger partial charge in [0.2, 0.25) is 0 Å². The van der Waals surface area contributed by atoms with Gasteiger partial charge in [0.05, 0.1) is 5.60 Å². The van der Waals surface area contributed by atoms with Crippen molar-refractivity contribution in [2.75, 3.05) is 6.61 Å². The molecule has 0 aromatic carbocycles. The first-order valence-electron chi connectivity index (χ1n) is 5.41. The van der Waals surface area contributed by atoms with Crippen molar-refractivity contribution in [3.8, 4) is 0 Å². The van der Waals surface area contributed by atoms with Gasteiger partial charge in [-0.3, -0.25) is 0 Å². The molecule has 1 rings (SSSR count). The van der Waals surface area contributed by atoms with Crippen molar-refractivity contribution in [2.24, 2.45) is 5.41 Å². The number of aliphatic hydroxyl groups excluding tert-OH is 1. The molecule has 0 amide bonds. The Bertz CT molecular complexity index is 161. The molecule has 1 saturated carbocycles. The van der Waals surface area contributed by atoms with Gasteiger partial charge in [0.25, 0.3) is 0 Å². The average molecular weight is 186 g/mol. The first-order valence-corrected chi connectivity index (χ1v) is 5.41. The second-order valence-electron chi connectivity index (χ2n) is 4.63. The van der Waals surface area contributed by atoms with Gasteiger partial charge in [-0.1, -0.05) is 26.7 Å². The number of aliphatic hydroxyl groups is 2. The van der Waals surface area contributed by atoms with Crippen LogP contribution in [0.2, 0.25) is 0 Å². The van der Waals surface area contributed by atoms with Crippen LogP contribution >= 0.6 is 0 Å². The van der Waals surface area contributed by atoms with E-state index < -0.39 is 5.60 Å². The summed E-state index contributed by atoms with van der Waals surface area (Å²) in [5.74, 6) is 0. The summed E-state index contributed by atoms with van der Waals surface area (Å²) in [5.41, 5.74) is -0.595. The maximum absolute atomic E-state index is 10.4. The minimum absolute atomic E-state index is 0.0461. The third-order valence-corrected chi connectivity index (χ3v) is 3.94. The Balaban J connectivity index is 2.73. The fraction of sp³-hybridized carbons (Fsp3) is 1.00. The first kappa shape index (κ1) is 11.0. The van der Waals surface area contributed by atoms with Crippen molar-refractivity contribution in [1.29, 1.82) is 0 Å². The zero-order valence-electron chi connectivity index (χ0n) is 8.84. The fourth-order valence-electron chi connectivity index (χ4n) is 2.71. The predicted octanol–water partition coefficient (Wildman–Crippen LogP) is 2.09. The minimum Gasteiger partial charge on any atom is -0.396 e. The predicted molar refractivity (Wildman–Crippen MR) is 53.5 cm³/mol. The molecule has 0 bridgehead atoms. The van der Waals surface area contributed by atoms with E-state index in [0.717, 1.165) is 19.3 Å². The molecule has 1 atom stereocenters. The van der Waals surface area contributed by atoms with E-state index >= 15 is 0 Å². The van der Waals surface area contributed by atoms with Gasteiger partial charge >= 0.3 is 0 Å². The van der Waals surface area contributed by atoms with Gasteiger partial charge in [0.1, 0.15) is 0 Å². The number of hydrogen-bond donors (Lipinski definition) is 2. The zero-order chi connectivity index (χ0) is 9.95. The van der Waals surface area contributed by atoms with Gasteiger partial charge < -0.3 is 10.2 Å². The lowest BCUT2D eigenvalue weighted by molar-refractivity contribution is -0.0904. The molecular formula is C11H22O2. The monoisotopic (exact) mass is 186 g/mol. The van der Waals surface area contributed by atoms with Crippen LogP contribution in [-0.4, -0.2) is 22.4 Å². The molecule has 2 N–H and O–H groups in total. The van der Waals surface area contributed by atoms with E-state index in [1.165, 1.54) is 12.8 Å². The Morgan fingerprint density at radius 1 is 1.31 bits per heavy atom. The van der Waals surface area contributed by atoms with Crippen LogP contribution in [-0.2, 0) is 0 Å². The van der Waals surface area contributed by atoms with E-state index in [2.05, 4.69) is 6.92 Å². The smallest absolute Gasteiger partial charge is 0.0720 e. The lowest BCUT2D eigenvalue weighted by atomic mass is 9.69. The normalized spacial score (nSPS) is 25.8. The maximum atomic E-state index is 10.4. The van der Waals surface area contributed by atoms with Gasteiger partial charge in [-0.15, -0.1) is 0 Å². The SMILES string of the molecule is CCC(O)(CCO)C1(C)CCCC1. The molecule has 0 spiro atoms. The van der Waals surface area contributed by atoms with Crippen LogP contribution in [0.25, 0.3) is 0 Å². The Morgan fingerprint density at radius 2 is 1.85 bits per heavy atom. The lowest BCUT2D eigenvalue weighted by Gasteiger charge is -2.42. The lowest BCUT2D eigenvalue weighted by Crippen LogP contribution is -2.45.